The lowest BCUT2D eigenvalue weighted by Gasteiger charge is -2.15. The maximum atomic E-state index is 5.89. The molecule has 1 aliphatic heterocycles. The molecule has 0 spiro atoms. The molecule has 0 aliphatic carbocycles. The third kappa shape index (κ3) is 5.47. The molecule has 2 N–H and O–H groups in total. The van der Waals surface area contributed by atoms with E-state index in [1.807, 2.05) is 19.4 Å². The highest BCUT2D eigenvalue weighted by molar-refractivity contribution is 14.0. The molecule has 8 heteroatoms. The molecule has 1 aromatic heterocycles. The number of thiazole rings is 1. The summed E-state index contributed by atoms with van der Waals surface area (Å²) in [6.45, 7) is 8.07. The minimum absolute atomic E-state index is 0. The molecule has 1 unspecified atom stereocenters. The van der Waals surface area contributed by atoms with Crippen LogP contribution in [0.4, 0.5) is 0 Å². The molecule has 2 heterocycles. The van der Waals surface area contributed by atoms with Gasteiger partial charge in [-0.2, -0.15) is 0 Å². The fourth-order valence-corrected chi connectivity index (χ4v) is 3.69. The van der Waals surface area contributed by atoms with Gasteiger partial charge >= 0.3 is 0 Å². The van der Waals surface area contributed by atoms with Gasteiger partial charge in [-0.1, -0.05) is 0 Å². The highest BCUT2D eigenvalue weighted by Crippen LogP contribution is 2.35. The SMILES string of the molecule is CCOc1cc2c(cc1CNC(=NC)NCc1scnc1C)OC(C)C2.I. The van der Waals surface area contributed by atoms with Crippen molar-refractivity contribution in [2.75, 3.05) is 13.7 Å². The molecule has 0 fully saturated rings. The number of nitrogens with zero attached hydrogens (tertiary/aromatic N) is 2. The van der Waals surface area contributed by atoms with Gasteiger partial charge in [0.15, 0.2) is 5.96 Å². The second kappa shape index (κ2) is 10.1. The van der Waals surface area contributed by atoms with Crippen LogP contribution in [0.1, 0.15) is 35.5 Å². The zero-order valence-electron chi connectivity index (χ0n) is 16.2. The third-order valence-corrected chi connectivity index (χ3v) is 5.25. The normalized spacial score (nSPS) is 15.6. The van der Waals surface area contributed by atoms with Crippen LogP contribution < -0.4 is 20.1 Å². The molecule has 0 saturated carbocycles. The van der Waals surface area contributed by atoms with E-state index in [-0.39, 0.29) is 30.1 Å². The van der Waals surface area contributed by atoms with Crippen molar-refractivity contribution in [1.29, 1.82) is 0 Å². The monoisotopic (exact) mass is 502 g/mol. The molecule has 1 aromatic carbocycles. The number of hydrogen-bond acceptors (Lipinski definition) is 5. The molecular formula is C19H27IN4O2S. The summed E-state index contributed by atoms with van der Waals surface area (Å²) in [6, 6.07) is 4.19. The second-order valence-corrected chi connectivity index (χ2v) is 7.21. The molecule has 27 heavy (non-hydrogen) atoms. The lowest BCUT2D eigenvalue weighted by atomic mass is 10.1. The maximum Gasteiger partial charge on any atom is 0.191 e. The zero-order valence-corrected chi connectivity index (χ0v) is 19.3. The van der Waals surface area contributed by atoms with Gasteiger partial charge in [0.25, 0.3) is 0 Å². The first-order valence-electron chi connectivity index (χ1n) is 8.89. The van der Waals surface area contributed by atoms with Gasteiger partial charge in [-0.15, -0.1) is 35.3 Å². The van der Waals surface area contributed by atoms with Crippen molar-refractivity contribution in [1.82, 2.24) is 15.6 Å². The van der Waals surface area contributed by atoms with Crippen LogP contribution in [0.3, 0.4) is 0 Å². The predicted octanol–water partition coefficient (Wildman–Crippen LogP) is 3.66. The Morgan fingerprint density at radius 1 is 1.37 bits per heavy atom. The average Bonchev–Trinajstić information content (AvgIpc) is 3.19. The van der Waals surface area contributed by atoms with Crippen molar-refractivity contribution in [2.45, 2.75) is 46.4 Å². The molecule has 2 aromatic rings. The van der Waals surface area contributed by atoms with E-state index in [2.05, 4.69) is 39.7 Å². The summed E-state index contributed by atoms with van der Waals surface area (Å²) in [7, 11) is 1.77. The van der Waals surface area contributed by atoms with E-state index in [0.717, 1.165) is 35.1 Å². The van der Waals surface area contributed by atoms with Crippen LogP contribution in [-0.4, -0.2) is 30.7 Å². The van der Waals surface area contributed by atoms with Crippen molar-refractivity contribution >= 4 is 41.3 Å². The van der Waals surface area contributed by atoms with Crippen molar-refractivity contribution in [3.63, 3.8) is 0 Å². The first-order valence-corrected chi connectivity index (χ1v) is 9.77. The molecule has 148 valence electrons. The Bertz CT molecular complexity index is 794. The van der Waals surface area contributed by atoms with Crippen LogP contribution in [0.5, 0.6) is 11.5 Å². The van der Waals surface area contributed by atoms with Gasteiger partial charge in [0, 0.05) is 36.0 Å². The van der Waals surface area contributed by atoms with Crippen molar-refractivity contribution in [2.24, 2.45) is 4.99 Å². The Kier molecular flexibility index (Phi) is 8.15. The minimum Gasteiger partial charge on any atom is -0.494 e. The van der Waals surface area contributed by atoms with E-state index in [1.54, 1.807) is 18.4 Å². The largest absolute Gasteiger partial charge is 0.494 e. The smallest absolute Gasteiger partial charge is 0.191 e. The molecule has 0 amide bonds. The Labute approximate surface area is 181 Å². The van der Waals surface area contributed by atoms with Gasteiger partial charge in [-0.25, -0.2) is 4.98 Å². The zero-order chi connectivity index (χ0) is 18.5. The fraction of sp³-hybridized carbons (Fsp3) is 0.474. The summed E-state index contributed by atoms with van der Waals surface area (Å²) >= 11 is 1.65. The predicted molar refractivity (Wildman–Crippen MR) is 121 cm³/mol. The Morgan fingerprint density at radius 3 is 2.81 bits per heavy atom. The molecule has 6 nitrogen and oxygen atoms in total. The lowest BCUT2D eigenvalue weighted by Crippen LogP contribution is -2.36. The Balaban J connectivity index is 0.00000261. The summed E-state index contributed by atoms with van der Waals surface area (Å²) in [5.41, 5.74) is 5.20. The summed E-state index contributed by atoms with van der Waals surface area (Å²) in [5.74, 6) is 2.61. The van der Waals surface area contributed by atoms with Gasteiger partial charge < -0.3 is 20.1 Å². The summed E-state index contributed by atoms with van der Waals surface area (Å²) < 4.78 is 11.7. The molecular weight excluding hydrogens is 475 g/mol. The minimum atomic E-state index is 0. The van der Waals surface area contributed by atoms with Gasteiger partial charge in [-0.05, 0) is 32.9 Å². The van der Waals surface area contributed by atoms with Crippen LogP contribution in [0.25, 0.3) is 0 Å². The maximum absolute atomic E-state index is 5.89. The van der Waals surface area contributed by atoms with Gasteiger partial charge in [0.2, 0.25) is 0 Å². The van der Waals surface area contributed by atoms with E-state index in [1.165, 1.54) is 10.4 Å². The number of benzene rings is 1. The number of nitrogens with one attached hydrogen (secondary N) is 2. The van der Waals surface area contributed by atoms with E-state index in [0.29, 0.717) is 19.7 Å². The van der Waals surface area contributed by atoms with Gasteiger partial charge in [-0.3, -0.25) is 4.99 Å². The number of rotatable bonds is 6. The quantitative estimate of drug-likeness (QED) is 0.359. The molecule has 0 bridgehead atoms. The van der Waals surface area contributed by atoms with Gasteiger partial charge in [0.1, 0.15) is 17.6 Å². The van der Waals surface area contributed by atoms with Gasteiger partial charge in [0.05, 0.1) is 24.4 Å². The molecule has 3 rings (SSSR count). The number of aliphatic imine (C=N–C) groups is 1. The van der Waals surface area contributed by atoms with Crippen LogP contribution in [0, 0.1) is 6.92 Å². The molecule has 0 saturated heterocycles. The number of ether oxygens (including phenoxy) is 2. The number of halogens is 1. The Hall–Kier alpha value is -1.55. The second-order valence-electron chi connectivity index (χ2n) is 6.27. The topological polar surface area (TPSA) is 67.8 Å². The van der Waals surface area contributed by atoms with E-state index >= 15 is 0 Å². The highest BCUT2D eigenvalue weighted by Gasteiger charge is 2.21. The van der Waals surface area contributed by atoms with Crippen LogP contribution in [-0.2, 0) is 19.5 Å². The number of hydrogen-bond donors (Lipinski definition) is 2. The third-order valence-electron chi connectivity index (χ3n) is 4.31. The number of fused-ring (bicyclic) bond motifs is 1. The summed E-state index contributed by atoms with van der Waals surface area (Å²) in [5, 5.41) is 6.69. The number of aryl methyl sites for hydroxylation is 1. The van der Waals surface area contributed by atoms with Crippen molar-refractivity contribution in [3.8, 4) is 11.5 Å². The van der Waals surface area contributed by atoms with Crippen LogP contribution in [0.15, 0.2) is 22.6 Å². The van der Waals surface area contributed by atoms with E-state index in [4.69, 9.17) is 9.47 Å². The number of guanidine groups is 1. The van der Waals surface area contributed by atoms with Crippen molar-refractivity contribution in [3.05, 3.63) is 39.3 Å². The lowest BCUT2D eigenvalue weighted by molar-refractivity contribution is 0.254. The van der Waals surface area contributed by atoms with Crippen LogP contribution >= 0.6 is 35.3 Å². The summed E-state index contributed by atoms with van der Waals surface area (Å²) in [4.78, 5) is 9.78. The molecule has 1 aliphatic rings. The first kappa shape index (κ1) is 21.7. The van der Waals surface area contributed by atoms with E-state index < -0.39 is 0 Å². The van der Waals surface area contributed by atoms with Crippen molar-refractivity contribution < 1.29 is 9.47 Å². The molecule has 0 radical (unpaired) electrons. The molecule has 1 atom stereocenters. The first-order chi connectivity index (χ1) is 12.6. The highest BCUT2D eigenvalue weighted by atomic mass is 127. The number of aromatic nitrogens is 1. The van der Waals surface area contributed by atoms with E-state index in [9.17, 15) is 0 Å². The Morgan fingerprint density at radius 2 is 2.15 bits per heavy atom. The standard InChI is InChI=1S/C19H26N4O2S.HI/c1-5-24-16-7-14-6-12(2)25-17(14)8-15(16)9-21-19(20-4)22-10-18-13(3)23-11-26-18;/h7-8,11-12H,5-6,9-10H2,1-4H3,(H2,20,21,22);1H. The van der Waals surface area contributed by atoms with Crippen LogP contribution in [0.2, 0.25) is 0 Å². The average molecular weight is 502 g/mol. The fourth-order valence-electron chi connectivity index (χ4n) is 2.97. The summed E-state index contributed by atoms with van der Waals surface area (Å²) in [6.07, 6.45) is 1.15.